The molecule has 1 atom stereocenters. The molecule has 2 heterocycles. The van der Waals surface area contributed by atoms with Gasteiger partial charge >= 0.3 is 11.7 Å². The number of hydrogen-bond acceptors (Lipinski definition) is 8. The molecule has 0 aromatic heterocycles. The number of carbonyl (C=O) groups excluding carboxylic acids is 1. The molecule has 0 amide bonds. The summed E-state index contributed by atoms with van der Waals surface area (Å²) in [4.78, 5) is 22.5. The Hall–Kier alpha value is -1.61. The van der Waals surface area contributed by atoms with Gasteiger partial charge < -0.3 is 14.2 Å². The van der Waals surface area contributed by atoms with Crippen LogP contribution in [0.5, 0.6) is 17.2 Å². The van der Waals surface area contributed by atoms with Crippen molar-refractivity contribution >= 4 is 33.2 Å². The van der Waals surface area contributed by atoms with Gasteiger partial charge in [0.1, 0.15) is 0 Å². The highest BCUT2D eigenvalue weighted by atomic mass is 33.1. The molecule has 1 aromatic carbocycles. The summed E-state index contributed by atoms with van der Waals surface area (Å²) in [6, 6.07) is 2.56. The van der Waals surface area contributed by atoms with Gasteiger partial charge in [-0.3, -0.25) is 14.9 Å². The molecule has 9 heteroatoms. The van der Waals surface area contributed by atoms with E-state index >= 15 is 0 Å². The molecule has 3 rings (SSSR count). The summed E-state index contributed by atoms with van der Waals surface area (Å²) in [7, 11) is 3.82. The molecule has 0 radical (unpaired) electrons. The van der Waals surface area contributed by atoms with Crippen LogP contribution in [0.3, 0.4) is 0 Å². The molecule has 138 valence electrons. The van der Waals surface area contributed by atoms with Crippen LogP contribution in [0.1, 0.15) is 39.5 Å². The zero-order chi connectivity index (χ0) is 16.9. The number of nitrogens with zero attached hydrogens (tertiary/aromatic N) is 1. The summed E-state index contributed by atoms with van der Waals surface area (Å²) in [6.45, 7) is 0.00134. The first-order valence-electron chi connectivity index (χ1n) is 7.70. The van der Waals surface area contributed by atoms with Gasteiger partial charge in [0.05, 0.1) is 11.0 Å². The lowest BCUT2D eigenvalue weighted by Crippen LogP contribution is -2.09. The lowest BCUT2D eigenvalue weighted by Gasteiger charge is -2.08. The summed E-state index contributed by atoms with van der Waals surface area (Å²) in [5, 5.41) is 11.8. The van der Waals surface area contributed by atoms with Crippen molar-refractivity contribution in [2.24, 2.45) is 0 Å². The molecule has 0 bridgehead atoms. The fourth-order valence-corrected chi connectivity index (χ4v) is 5.54. The van der Waals surface area contributed by atoms with Crippen LogP contribution in [0, 0.1) is 10.1 Å². The number of benzene rings is 1. The third-order valence-electron chi connectivity index (χ3n) is 3.76. The Kier molecular flexibility index (Phi) is 7.24. The van der Waals surface area contributed by atoms with E-state index in [4.69, 9.17) is 14.2 Å². The normalized spacial score (nSPS) is 17.8. The number of carbonyl (C=O) groups is 1. The quantitative estimate of drug-likeness (QED) is 0.168. The molecular formula is C16H21NO6S2. The maximum atomic E-state index is 12.0. The van der Waals surface area contributed by atoms with E-state index in [-0.39, 0.29) is 37.8 Å². The summed E-state index contributed by atoms with van der Waals surface area (Å²) in [5.74, 6) is 1.26. The fourth-order valence-electron chi connectivity index (χ4n) is 2.52. The minimum atomic E-state index is -0.598. The first-order chi connectivity index (χ1) is 11.6. The van der Waals surface area contributed by atoms with E-state index in [9.17, 15) is 14.9 Å². The van der Waals surface area contributed by atoms with Gasteiger partial charge in [0.25, 0.3) is 0 Å². The summed E-state index contributed by atoms with van der Waals surface area (Å²) in [5.41, 5.74) is -0.299. The number of nitro benzene ring substituents is 1. The highest BCUT2D eigenvalue weighted by molar-refractivity contribution is 8.77. The lowest BCUT2D eigenvalue weighted by molar-refractivity contribution is -0.385. The Bertz CT molecular complexity index is 633. The smallest absolute Gasteiger partial charge is 0.315 e. The average Bonchev–Trinajstić information content (AvgIpc) is 3.21. The Morgan fingerprint density at radius 1 is 1.32 bits per heavy atom. The molecule has 2 aliphatic heterocycles. The van der Waals surface area contributed by atoms with Crippen LogP contribution in [0.25, 0.3) is 0 Å². The van der Waals surface area contributed by atoms with Gasteiger partial charge in [-0.2, -0.15) is 0 Å². The summed E-state index contributed by atoms with van der Waals surface area (Å²) in [6.07, 6.45) is 4.24. The predicted octanol–water partition coefficient (Wildman–Crippen LogP) is 4.58. The van der Waals surface area contributed by atoms with Gasteiger partial charge in [0.2, 0.25) is 12.5 Å². The van der Waals surface area contributed by atoms with Crippen molar-refractivity contribution in [3.63, 3.8) is 0 Å². The average molecular weight is 387 g/mol. The second-order valence-corrected chi connectivity index (χ2v) is 8.27. The standard InChI is InChI=1S/C15H17NO6S2.CH4/c17-15(4-2-1-3-10-5-6-23-24-10)22-12-8-14-13(20-9-21-14)7-11(12)16(18)19;/h7-8,10H,1-6,9H2;1H4. The number of rotatable bonds is 7. The Labute approximate surface area is 154 Å². The first-order valence-corrected chi connectivity index (χ1v) is 10.1. The number of esters is 1. The van der Waals surface area contributed by atoms with Crippen molar-refractivity contribution in [2.45, 2.75) is 44.8 Å². The minimum absolute atomic E-state index is 0. The predicted molar refractivity (Wildman–Crippen MR) is 98.5 cm³/mol. The summed E-state index contributed by atoms with van der Waals surface area (Å²) >= 11 is 0. The van der Waals surface area contributed by atoms with Crippen LogP contribution < -0.4 is 14.2 Å². The Morgan fingerprint density at radius 2 is 2.08 bits per heavy atom. The third-order valence-corrected chi connectivity index (χ3v) is 6.77. The largest absolute Gasteiger partial charge is 0.453 e. The van der Waals surface area contributed by atoms with E-state index in [1.165, 1.54) is 24.3 Å². The second-order valence-electron chi connectivity index (χ2n) is 5.48. The van der Waals surface area contributed by atoms with Crippen molar-refractivity contribution in [1.82, 2.24) is 0 Å². The molecule has 0 N–H and O–H groups in total. The number of fused-ring (bicyclic) bond motifs is 1. The van der Waals surface area contributed by atoms with Crippen LogP contribution in [0.4, 0.5) is 5.69 Å². The molecule has 1 fully saturated rings. The number of unbranched alkanes of at least 4 members (excludes halogenated alkanes) is 1. The van der Waals surface area contributed by atoms with Crippen LogP contribution in [-0.4, -0.2) is 28.7 Å². The van der Waals surface area contributed by atoms with E-state index < -0.39 is 10.9 Å². The highest BCUT2D eigenvalue weighted by Crippen LogP contribution is 2.42. The van der Waals surface area contributed by atoms with Gasteiger partial charge in [-0.1, -0.05) is 35.4 Å². The van der Waals surface area contributed by atoms with Crippen molar-refractivity contribution in [2.75, 3.05) is 12.5 Å². The van der Waals surface area contributed by atoms with Crippen molar-refractivity contribution in [3.8, 4) is 17.2 Å². The Balaban J connectivity index is 0.00000225. The van der Waals surface area contributed by atoms with E-state index in [1.54, 1.807) is 0 Å². The zero-order valence-electron chi connectivity index (χ0n) is 12.9. The molecule has 1 unspecified atom stereocenters. The minimum Gasteiger partial charge on any atom is -0.453 e. The number of nitro groups is 1. The van der Waals surface area contributed by atoms with Crippen molar-refractivity contribution < 1.29 is 23.9 Å². The van der Waals surface area contributed by atoms with Gasteiger partial charge in [-0.05, 0) is 19.3 Å². The Morgan fingerprint density at radius 3 is 2.76 bits per heavy atom. The van der Waals surface area contributed by atoms with E-state index in [2.05, 4.69) is 0 Å². The van der Waals surface area contributed by atoms with Crippen LogP contribution in [0.2, 0.25) is 0 Å². The molecule has 0 saturated carbocycles. The number of hydrogen-bond donors (Lipinski definition) is 0. The van der Waals surface area contributed by atoms with E-state index in [1.807, 2.05) is 21.6 Å². The third kappa shape index (κ3) is 5.18. The van der Waals surface area contributed by atoms with Crippen LogP contribution in [-0.2, 0) is 4.79 Å². The van der Waals surface area contributed by atoms with Gasteiger partial charge in [0, 0.05) is 23.5 Å². The monoisotopic (exact) mass is 387 g/mol. The zero-order valence-corrected chi connectivity index (χ0v) is 14.5. The fraction of sp³-hybridized carbons (Fsp3) is 0.562. The summed E-state index contributed by atoms with van der Waals surface area (Å²) < 4.78 is 15.5. The maximum absolute atomic E-state index is 12.0. The van der Waals surface area contributed by atoms with Crippen LogP contribution >= 0.6 is 21.6 Å². The van der Waals surface area contributed by atoms with Crippen molar-refractivity contribution in [3.05, 3.63) is 22.2 Å². The van der Waals surface area contributed by atoms with Gasteiger partial charge in [-0.15, -0.1) is 0 Å². The first kappa shape index (κ1) is 19.7. The number of ether oxygens (including phenoxy) is 3. The SMILES string of the molecule is C.O=C(CCCCC1CCSS1)Oc1cc2c(cc1[N+](=O)[O-])OCO2. The van der Waals surface area contributed by atoms with E-state index in [0.29, 0.717) is 11.0 Å². The lowest BCUT2D eigenvalue weighted by atomic mass is 10.1. The topological polar surface area (TPSA) is 87.9 Å². The van der Waals surface area contributed by atoms with Crippen LogP contribution in [0.15, 0.2) is 12.1 Å². The molecule has 25 heavy (non-hydrogen) atoms. The maximum Gasteiger partial charge on any atom is 0.315 e. The molecule has 0 aliphatic carbocycles. The molecule has 1 saturated heterocycles. The second kappa shape index (κ2) is 9.19. The van der Waals surface area contributed by atoms with Crippen molar-refractivity contribution in [1.29, 1.82) is 0 Å². The van der Waals surface area contributed by atoms with Gasteiger partial charge in [0.15, 0.2) is 11.5 Å². The van der Waals surface area contributed by atoms with E-state index in [0.717, 1.165) is 19.3 Å². The molecule has 7 nitrogen and oxygen atoms in total. The molecule has 1 aromatic rings. The molecular weight excluding hydrogens is 366 g/mol. The molecule has 2 aliphatic rings. The van der Waals surface area contributed by atoms with Gasteiger partial charge in [-0.25, -0.2) is 0 Å². The molecule has 0 spiro atoms. The highest BCUT2D eigenvalue weighted by Gasteiger charge is 2.26.